The van der Waals surface area contributed by atoms with Gasteiger partial charge in [0.05, 0.1) is 21.6 Å². The van der Waals surface area contributed by atoms with E-state index in [4.69, 9.17) is 11.6 Å². The summed E-state index contributed by atoms with van der Waals surface area (Å²) in [6.45, 7) is 3.79. The quantitative estimate of drug-likeness (QED) is 0.715. The molecule has 0 radical (unpaired) electrons. The highest BCUT2D eigenvalue weighted by molar-refractivity contribution is 6.35. The lowest BCUT2D eigenvalue weighted by molar-refractivity contribution is 0.625. The highest BCUT2D eigenvalue weighted by atomic mass is 35.5. The fourth-order valence-electron chi connectivity index (χ4n) is 2.54. The second kappa shape index (κ2) is 5.54. The molecule has 0 aliphatic heterocycles. The van der Waals surface area contributed by atoms with Gasteiger partial charge in [0.2, 0.25) is 0 Å². The Hall–Kier alpha value is -2.20. The average molecular weight is 317 g/mol. The predicted molar refractivity (Wildman–Crippen MR) is 86.4 cm³/mol. The minimum absolute atomic E-state index is 0.277. The lowest BCUT2D eigenvalue weighted by Gasteiger charge is -2.14. The minimum atomic E-state index is -0.401. The maximum Gasteiger partial charge on any atom is 0.267 e. The summed E-state index contributed by atoms with van der Waals surface area (Å²) in [5.74, 6) is 0.176. The van der Waals surface area contributed by atoms with Gasteiger partial charge in [0.1, 0.15) is 11.6 Å². The van der Waals surface area contributed by atoms with Crippen LogP contribution in [0.5, 0.6) is 0 Å². The SMILES string of the molecule is CCc1nc2c(C)ccc(Cl)c2c(=O)n1-c1cccc(F)c1. The summed E-state index contributed by atoms with van der Waals surface area (Å²) in [5, 5.41) is 0.717. The number of hydrogen-bond donors (Lipinski definition) is 0. The first kappa shape index (κ1) is 14.7. The Balaban J connectivity index is 2.47. The van der Waals surface area contributed by atoms with E-state index < -0.39 is 5.82 Å². The van der Waals surface area contributed by atoms with Crippen LogP contribution in [0.15, 0.2) is 41.2 Å². The Morgan fingerprint density at radius 2 is 2.05 bits per heavy atom. The molecule has 0 atom stereocenters. The molecule has 5 heteroatoms. The summed E-state index contributed by atoms with van der Waals surface area (Å²) in [6.07, 6.45) is 0.549. The largest absolute Gasteiger partial charge is 0.268 e. The molecule has 22 heavy (non-hydrogen) atoms. The van der Waals surface area contributed by atoms with Gasteiger partial charge in [0, 0.05) is 6.42 Å². The van der Waals surface area contributed by atoms with Crippen molar-refractivity contribution in [2.45, 2.75) is 20.3 Å². The molecule has 0 saturated carbocycles. The fourth-order valence-corrected chi connectivity index (χ4v) is 2.78. The summed E-state index contributed by atoms with van der Waals surface area (Å²) >= 11 is 6.19. The zero-order valence-electron chi connectivity index (χ0n) is 12.2. The summed E-state index contributed by atoms with van der Waals surface area (Å²) in [4.78, 5) is 17.5. The van der Waals surface area contributed by atoms with Gasteiger partial charge in [-0.15, -0.1) is 0 Å². The maximum atomic E-state index is 13.5. The monoisotopic (exact) mass is 316 g/mol. The maximum absolute atomic E-state index is 13.5. The van der Waals surface area contributed by atoms with E-state index in [1.807, 2.05) is 19.9 Å². The molecule has 0 amide bonds. The van der Waals surface area contributed by atoms with Crippen molar-refractivity contribution in [1.29, 1.82) is 0 Å². The number of rotatable bonds is 2. The molecule has 0 unspecified atom stereocenters. The number of halogens is 2. The van der Waals surface area contributed by atoms with Crippen LogP contribution in [-0.4, -0.2) is 9.55 Å². The Morgan fingerprint density at radius 1 is 1.27 bits per heavy atom. The van der Waals surface area contributed by atoms with Gasteiger partial charge in [-0.3, -0.25) is 9.36 Å². The van der Waals surface area contributed by atoms with E-state index in [0.717, 1.165) is 5.56 Å². The molecule has 0 N–H and O–H groups in total. The molecule has 2 aromatic carbocycles. The Kier molecular flexibility index (Phi) is 3.71. The van der Waals surface area contributed by atoms with Crippen LogP contribution in [0.4, 0.5) is 4.39 Å². The van der Waals surface area contributed by atoms with Crippen LogP contribution in [-0.2, 0) is 6.42 Å². The third-order valence-electron chi connectivity index (χ3n) is 3.63. The Bertz CT molecular complexity index is 934. The summed E-state index contributed by atoms with van der Waals surface area (Å²) in [6, 6.07) is 9.43. The Morgan fingerprint density at radius 3 is 2.73 bits per heavy atom. The summed E-state index contributed by atoms with van der Waals surface area (Å²) < 4.78 is 14.9. The number of aromatic nitrogens is 2. The number of benzene rings is 2. The normalized spacial score (nSPS) is 11.1. The first-order valence-corrected chi connectivity index (χ1v) is 7.37. The van der Waals surface area contributed by atoms with Crippen molar-refractivity contribution >= 4 is 22.5 Å². The molecular formula is C17H14ClFN2O. The van der Waals surface area contributed by atoms with Gasteiger partial charge in [-0.25, -0.2) is 9.37 Å². The molecule has 112 valence electrons. The molecule has 0 aliphatic rings. The molecule has 0 spiro atoms. The van der Waals surface area contributed by atoms with Gasteiger partial charge in [-0.05, 0) is 36.8 Å². The molecule has 0 bridgehead atoms. The van der Waals surface area contributed by atoms with Crippen molar-refractivity contribution in [3.8, 4) is 5.69 Å². The number of hydrogen-bond acceptors (Lipinski definition) is 2. The molecule has 1 aromatic heterocycles. The van der Waals surface area contributed by atoms with Crippen molar-refractivity contribution in [1.82, 2.24) is 9.55 Å². The van der Waals surface area contributed by atoms with Crippen LogP contribution in [0.2, 0.25) is 5.02 Å². The van der Waals surface area contributed by atoms with Crippen LogP contribution in [0.3, 0.4) is 0 Å². The van der Waals surface area contributed by atoms with Crippen LogP contribution >= 0.6 is 11.6 Å². The molecule has 3 rings (SSSR count). The highest BCUT2D eigenvalue weighted by Crippen LogP contribution is 2.23. The topological polar surface area (TPSA) is 34.9 Å². The van der Waals surface area contributed by atoms with Crippen molar-refractivity contribution in [2.24, 2.45) is 0 Å². The van der Waals surface area contributed by atoms with Gasteiger partial charge in [0.15, 0.2) is 0 Å². The second-order valence-corrected chi connectivity index (χ2v) is 5.50. The van der Waals surface area contributed by atoms with Crippen LogP contribution in [0, 0.1) is 12.7 Å². The zero-order valence-corrected chi connectivity index (χ0v) is 13.0. The lowest BCUT2D eigenvalue weighted by Crippen LogP contribution is -2.24. The number of aryl methyl sites for hydroxylation is 2. The molecule has 3 nitrogen and oxygen atoms in total. The van der Waals surface area contributed by atoms with E-state index >= 15 is 0 Å². The van der Waals surface area contributed by atoms with E-state index in [9.17, 15) is 9.18 Å². The molecule has 1 heterocycles. The first-order valence-electron chi connectivity index (χ1n) is 6.99. The van der Waals surface area contributed by atoms with Crippen molar-refractivity contribution < 1.29 is 4.39 Å². The van der Waals surface area contributed by atoms with Crippen molar-refractivity contribution in [2.75, 3.05) is 0 Å². The van der Waals surface area contributed by atoms with Gasteiger partial charge in [0.25, 0.3) is 5.56 Å². The Labute approximate surface area is 132 Å². The third-order valence-corrected chi connectivity index (χ3v) is 3.94. The number of nitrogens with zero attached hydrogens (tertiary/aromatic N) is 2. The molecule has 3 aromatic rings. The molecule has 0 aliphatic carbocycles. The lowest BCUT2D eigenvalue weighted by atomic mass is 10.1. The van der Waals surface area contributed by atoms with Crippen molar-refractivity contribution in [3.05, 3.63) is 69.0 Å². The van der Waals surface area contributed by atoms with E-state index in [1.54, 1.807) is 18.2 Å². The first-order chi connectivity index (χ1) is 10.5. The average Bonchev–Trinajstić information content (AvgIpc) is 2.50. The molecule has 0 fully saturated rings. The van der Waals surface area contributed by atoms with Gasteiger partial charge in [-0.2, -0.15) is 0 Å². The molecular weight excluding hydrogens is 303 g/mol. The highest BCUT2D eigenvalue weighted by Gasteiger charge is 2.15. The smallest absolute Gasteiger partial charge is 0.267 e. The van der Waals surface area contributed by atoms with Gasteiger partial charge < -0.3 is 0 Å². The van der Waals surface area contributed by atoms with Gasteiger partial charge in [-0.1, -0.05) is 30.7 Å². The van der Waals surface area contributed by atoms with Crippen LogP contribution in [0.1, 0.15) is 18.3 Å². The van der Waals surface area contributed by atoms with Crippen molar-refractivity contribution in [3.63, 3.8) is 0 Å². The fraction of sp³-hybridized carbons (Fsp3) is 0.176. The second-order valence-electron chi connectivity index (χ2n) is 5.09. The number of fused-ring (bicyclic) bond motifs is 1. The summed E-state index contributed by atoms with van der Waals surface area (Å²) in [7, 11) is 0. The van der Waals surface area contributed by atoms with E-state index in [-0.39, 0.29) is 5.56 Å². The van der Waals surface area contributed by atoms with Crippen LogP contribution in [0.25, 0.3) is 16.6 Å². The molecule has 0 saturated heterocycles. The minimum Gasteiger partial charge on any atom is -0.268 e. The standard InChI is InChI=1S/C17H14ClFN2O/c1-3-14-20-16-10(2)7-8-13(18)15(16)17(22)21(14)12-6-4-5-11(19)9-12/h4-9H,3H2,1-2H3. The van der Waals surface area contributed by atoms with Crippen LogP contribution < -0.4 is 5.56 Å². The van der Waals surface area contributed by atoms with E-state index in [2.05, 4.69) is 4.98 Å². The van der Waals surface area contributed by atoms with E-state index in [1.165, 1.54) is 16.7 Å². The van der Waals surface area contributed by atoms with Gasteiger partial charge >= 0.3 is 0 Å². The summed E-state index contributed by atoms with van der Waals surface area (Å²) in [5.41, 5.74) is 1.66. The third kappa shape index (κ3) is 2.29. The zero-order chi connectivity index (χ0) is 15.9. The predicted octanol–water partition coefficient (Wildman–Crippen LogP) is 4.05. The van der Waals surface area contributed by atoms with E-state index in [0.29, 0.717) is 33.9 Å².